The highest BCUT2D eigenvalue weighted by Crippen LogP contribution is 2.39. The van der Waals surface area contributed by atoms with Crippen LogP contribution in [0.4, 0.5) is 0 Å². The van der Waals surface area contributed by atoms with Gasteiger partial charge in [-0.25, -0.2) is 0 Å². The highest BCUT2D eigenvalue weighted by atomic mass is 16.8. The van der Waals surface area contributed by atoms with Gasteiger partial charge in [0.2, 0.25) is 11.8 Å². The zero-order valence-corrected chi connectivity index (χ0v) is 56.2. The number of hydrogen-bond donors (Lipinski definition) is 29. The molecule has 0 aliphatic carbocycles. The summed E-state index contributed by atoms with van der Waals surface area (Å²) in [6.07, 6.45) is -90.3. The van der Waals surface area contributed by atoms with Crippen LogP contribution in [-0.4, -0.2) is 485 Å². The minimum atomic E-state index is -2.54. The lowest BCUT2D eigenvalue weighted by atomic mass is 9.94. The van der Waals surface area contributed by atoms with Crippen molar-refractivity contribution in [1.82, 2.24) is 10.6 Å². The molecule has 48 nitrogen and oxygen atoms in total. The summed E-state index contributed by atoms with van der Waals surface area (Å²) in [5, 5.41) is 301. The Morgan fingerprint density at radius 2 is 0.519 bits per heavy atom. The molecule has 45 atom stereocenters. The van der Waals surface area contributed by atoms with Crippen LogP contribution in [0.25, 0.3) is 0 Å². The van der Waals surface area contributed by atoms with E-state index in [9.17, 15) is 147 Å². The number of hydrogen-bond acceptors (Lipinski definition) is 46. The van der Waals surface area contributed by atoms with Crippen molar-refractivity contribution >= 4 is 11.8 Å². The number of aliphatic hydroxyl groups excluding tert-OH is 27. The fraction of sp³-hybridized carbons (Fsp3) is 0.966. The van der Waals surface area contributed by atoms with Gasteiger partial charge in [0.15, 0.2) is 56.6 Å². The summed E-state index contributed by atoms with van der Waals surface area (Å²) >= 11 is 0. The molecular weight excluding hydrogens is 1460 g/mol. The third kappa shape index (κ3) is 18.7. The minimum Gasteiger partial charge on any atom is -0.394 e. The van der Waals surface area contributed by atoms with E-state index in [1.165, 1.54) is 0 Å². The molecule has 0 saturated carbocycles. The van der Waals surface area contributed by atoms with E-state index in [1.807, 2.05) is 0 Å². The van der Waals surface area contributed by atoms with Gasteiger partial charge in [0.05, 0.1) is 59.5 Å². The molecule has 0 aromatic heterocycles. The Labute approximate surface area is 598 Å². The van der Waals surface area contributed by atoms with Crippen LogP contribution < -0.4 is 10.6 Å². The fourth-order valence-corrected chi connectivity index (χ4v) is 13.5. The first-order valence-corrected chi connectivity index (χ1v) is 33.7. The molecule has 9 aliphatic rings. The van der Waals surface area contributed by atoms with E-state index < -0.39 is 348 Å². The zero-order valence-electron chi connectivity index (χ0n) is 56.2. The van der Waals surface area contributed by atoms with E-state index >= 15 is 0 Å². The number of rotatable bonds is 27. The van der Waals surface area contributed by atoms with Crippen LogP contribution in [-0.2, 0) is 90.1 Å². The summed E-state index contributed by atoms with van der Waals surface area (Å²) < 4.78 is 98.8. The Bertz CT molecular complexity index is 2710. The van der Waals surface area contributed by atoms with Crippen LogP contribution in [0.1, 0.15) is 13.8 Å². The van der Waals surface area contributed by atoms with Crippen molar-refractivity contribution < 1.29 is 228 Å². The molecule has 0 bridgehead atoms. The number of amides is 2. The molecule has 9 aliphatic heterocycles. The third-order valence-corrected chi connectivity index (χ3v) is 19.5. The second-order valence-electron chi connectivity index (χ2n) is 26.7. The van der Waals surface area contributed by atoms with Crippen molar-refractivity contribution in [2.45, 2.75) is 290 Å². The molecule has 29 N–H and O–H groups in total. The fourth-order valence-electron chi connectivity index (χ4n) is 13.5. The van der Waals surface area contributed by atoms with Gasteiger partial charge >= 0.3 is 0 Å². The van der Waals surface area contributed by atoms with Crippen molar-refractivity contribution in [3.63, 3.8) is 0 Å². The second kappa shape index (κ2) is 37.9. The molecule has 9 fully saturated rings. The SMILES string of the molecule is CC(=O)NC1C(O)OC(CO)C(OC2OC(CO)C(OC3OC(COC4OC(COC5OC(CO)C(O)C(O)C5OC5OC(CO)C(O)C(O)C5O)C(O)C(OC5OC(CO)C(O)C(O)C5O)C4O)C(O)C(OC4OC(CO)C(O)C(O)C4OC4OC(CO)C(O)C(O)C4O)C3O)C(O)C2NC(C)=O)C1O. The molecule has 106 heavy (non-hydrogen) atoms. The molecule has 0 aromatic carbocycles. The molecule has 9 rings (SSSR count). The first kappa shape index (κ1) is 87.2. The average molecular weight is 1560 g/mol. The van der Waals surface area contributed by atoms with Crippen LogP contribution in [0.2, 0.25) is 0 Å². The van der Waals surface area contributed by atoms with Crippen molar-refractivity contribution in [3.8, 4) is 0 Å². The first-order chi connectivity index (χ1) is 50.2. The van der Waals surface area contributed by atoms with Crippen LogP contribution in [0.15, 0.2) is 0 Å². The van der Waals surface area contributed by atoms with Gasteiger partial charge in [-0.3, -0.25) is 9.59 Å². The van der Waals surface area contributed by atoms with Crippen LogP contribution in [0, 0.1) is 0 Å². The predicted octanol–water partition coefficient (Wildman–Crippen LogP) is -20.3. The maximum absolute atomic E-state index is 12.9. The summed E-state index contributed by atoms with van der Waals surface area (Å²) in [5.74, 6) is -1.72. The highest BCUT2D eigenvalue weighted by Gasteiger charge is 2.60. The predicted molar refractivity (Wildman–Crippen MR) is 320 cm³/mol. The Balaban J connectivity index is 1.05. The quantitative estimate of drug-likeness (QED) is 0.0363. The maximum Gasteiger partial charge on any atom is 0.217 e. The molecule has 2 amide bonds. The Morgan fingerprint density at radius 1 is 0.245 bits per heavy atom. The summed E-state index contributed by atoms with van der Waals surface area (Å²) in [7, 11) is 0. The monoisotopic (exact) mass is 1560 g/mol. The molecule has 0 spiro atoms. The Hall–Kier alpha value is -2.82. The van der Waals surface area contributed by atoms with Gasteiger partial charge in [0.1, 0.15) is 220 Å². The zero-order chi connectivity index (χ0) is 77.9. The minimum absolute atomic E-state index is 0.783. The number of aliphatic hydroxyl groups is 27. The van der Waals surface area contributed by atoms with Crippen LogP contribution in [0.5, 0.6) is 0 Å². The largest absolute Gasteiger partial charge is 0.394 e. The number of carbonyl (C=O) groups is 2. The Morgan fingerprint density at radius 3 is 0.934 bits per heavy atom. The lowest BCUT2D eigenvalue weighted by Crippen LogP contribution is -2.70. The van der Waals surface area contributed by atoms with E-state index in [0.717, 1.165) is 13.8 Å². The third-order valence-electron chi connectivity index (χ3n) is 19.5. The second-order valence-corrected chi connectivity index (χ2v) is 26.7. The van der Waals surface area contributed by atoms with E-state index in [1.54, 1.807) is 0 Å². The van der Waals surface area contributed by atoms with Gasteiger partial charge in [-0.1, -0.05) is 0 Å². The topological polar surface area (TPSA) is 761 Å². The Kier molecular flexibility index (Phi) is 31.1. The van der Waals surface area contributed by atoms with Gasteiger partial charge in [0.25, 0.3) is 0 Å². The number of carbonyl (C=O) groups excluding carboxylic acids is 2. The lowest BCUT2D eigenvalue weighted by molar-refractivity contribution is -0.399. The lowest BCUT2D eigenvalue weighted by Gasteiger charge is -2.50. The van der Waals surface area contributed by atoms with E-state index in [4.69, 9.17) is 80.5 Å². The molecule has 0 aromatic rings. The molecule has 9 heterocycles. The molecular formula is C58H98N2O46. The average Bonchev–Trinajstić information content (AvgIpc) is 0.769. The summed E-state index contributed by atoms with van der Waals surface area (Å²) in [4.78, 5) is 25.0. The molecule has 616 valence electrons. The van der Waals surface area contributed by atoms with Crippen LogP contribution >= 0.6 is 0 Å². The summed E-state index contributed by atoms with van der Waals surface area (Å²) in [5.41, 5.74) is 0. The normalized spacial score (nSPS) is 51.2. The first-order valence-electron chi connectivity index (χ1n) is 33.7. The molecule has 9 saturated heterocycles. The van der Waals surface area contributed by atoms with Crippen molar-refractivity contribution in [1.29, 1.82) is 0 Å². The smallest absolute Gasteiger partial charge is 0.217 e. The molecule has 45 unspecified atom stereocenters. The summed E-state index contributed by atoms with van der Waals surface area (Å²) in [6, 6.07) is -3.55. The van der Waals surface area contributed by atoms with Gasteiger partial charge in [0, 0.05) is 13.8 Å². The highest BCUT2D eigenvalue weighted by molar-refractivity contribution is 5.73. The van der Waals surface area contributed by atoms with E-state index in [2.05, 4.69) is 10.6 Å². The van der Waals surface area contributed by atoms with Crippen molar-refractivity contribution in [2.75, 3.05) is 59.5 Å². The van der Waals surface area contributed by atoms with Gasteiger partial charge < -0.3 is 229 Å². The molecule has 0 radical (unpaired) electrons. The van der Waals surface area contributed by atoms with Gasteiger partial charge in [-0.2, -0.15) is 0 Å². The van der Waals surface area contributed by atoms with Crippen LogP contribution in [0.3, 0.4) is 0 Å². The van der Waals surface area contributed by atoms with Crippen molar-refractivity contribution in [3.05, 3.63) is 0 Å². The number of nitrogens with one attached hydrogen (secondary N) is 2. The molecule has 48 heteroatoms. The van der Waals surface area contributed by atoms with E-state index in [0.29, 0.717) is 0 Å². The van der Waals surface area contributed by atoms with Gasteiger partial charge in [-0.15, -0.1) is 0 Å². The maximum atomic E-state index is 12.9. The van der Waals surface area contributed by atoms with Crippen molar-refractivity contribution in [2.24, 2.45) is 0 Å². The van der Waals surface area contributed by atoms with E-state index in [-0.39, 0.29) is 0 Å². The summed E-state index contributed by atoms with van der Waals surface area (Å²) in [6.45, 7) is -7.76. The number of ether oxygens (including phenoxy) is 17. The standard InChI is InChI=1S/C58H98N2O46/c1-12(68)59-23-32(77)44(19(8-66)92-50(23)89)101-51-24(60-13(2)69)33(78)45(20(9-67)98-51)102-56-43(88)47(104-58-49(38(83)29(74)18(7-65)97-58)106-55-41(86)36(81)27(72)16(5-63)95-55)31(76)22(100-56)10-90-52-42(87)46(103-53-39(84)34(79)25(70)14(3-61)93-53)30(75)21(99-52)11-91-57-48(37(82)28(73)17(6-64)96-57)105-54-40(85)35(80)26(71)15(4-62)94-54/h14-58,61-67,70-89H,3-11H2,1-2H3,(H,59,68)(H,60,69). The van der Waals surface area contributed by atoms with Gasteiger partial charge in [-0.05, 0) is 0 Å².